The minimum atomic E-state index is 0.641. The van der Waals surface area contributed by atoms with E-state index in [2.05, 4.69) is 37.2 Å². The summed E-state index contributed by atoms with van der Waals surface area (Å²) in [4.78, 5) is 11.3. The summed E-state index contributed by atoms with van der Waals surface area (Å²) in [6.45, 7) is 4.96. The lowest BCUT2D eigenvalue weighted by molar-refractivity contribution is 0.316. The monoisotopic (exact) mass is 367 g/mol. The number of nitrogens with one attached hydrogen (secondary N) is 3. The first-order chi connectivity index (χ1) is 13.3. The first-order valence-electron chi connectivity index (χ1n) is 9.77. The van der Waals surface area contributed by atoms with E-state index < -0.39 is 0 Å². The summed E-state index contributed by atoms with van der Waals surface area (Å²) < 4.78 is 8.35. The van der Waals surface area contributed by atoms with E-state index in [0.29, 0.717) is 6.54 Å². The Hall–Kier alpha value is -2.77. The second-order valence-electron chi connectivity index (χ2n) is 7.49. The number of anilines is 2. The van der Waals surface area contributed by atoms with Crippen LogP contribution in [0.15, 0.2) is 17.1 Å². The maximum Gasteiger partial charge on any atom is 0.207 e. The van der Waals surface area contributed by atoms with Crippen molar-refractivity contribution < 1.29 is 4.74 Å². The summed E-state index contributed by atoms with van der Waals surface area (Å²) in [5.74, 6) is 3.52. The zero-order chi connectivity index (χ0) is 18.2. The van der Waals surface area contributed by atoms with Gasteiger partial charge in [-0.05, 0) is 31.2 Å². The Morgan fingerprint density at radius 1 is 1.37 bits per heavy atom. The number of benzene rings is 1. The summed E-state index contributed by atoms with van der Waals surface area (Å²) in [7, 11) is 0. The number of imidazole rings is 1. The minimum absolute atomic E-state index is 0.641. The van der Waals surface area contributed by atoms with Crippen molar-refractivity contribution in [3.8, 4) is 5.75 Å². The van der Waals surface area contributed by atoms with Crippen LogP contribution >= 0.6 is 0 Å². The largest absolute Gasteiger partial charge is 0.491 e. The molecule has 3 heterocycles. The van der Waals surface area contributed by atoms with Crippen molar-refractivity contribution >= 4 is 34.8 Å². The van der Waals surface area contributed by atoms with Crippen LogP contribution < -0.4 is 20.3 Å². The summed E-state index contributed by atoms with van der Waals surface area (Å²) in [6, 6.07) is 4.27. The Morgan fingerprint density at radius 2 is 2.30 bits per heavy atom. The quantitative estimate of drug-likeness (QED) is 0.556. The van der Waals surface area contributed by atoms with Gasteiger partial charge in [-0.3, -0.25) is 5.41 Å². The smallest absolute Gasteiger partial charge is 0.207 e. The predicted octanol–water partition coefficient (Wildman–Crippen LogP) is 2.06. The van der Waals surface area contributed by atoms with E-state index in [1.807, 2.05) is 0 Å². The highest BCUT2D eigenvalue weighted by Crippen LogP contribution is 2.36. The molecule has 27 heavy (non-hydrogen) atoms. The summed E-state index contributed by atoms with van der Waals surface area (Å²) in [5, 5.41) is 14.0. The topological polar surface area (TPSA) is 90.6 Å². The Balaban J connectivity index is 1.53. The van der Waals surface area contributed by atoms with Crippen LogP contribution in [0.4, 0.5) is 11.6 Å². The molecule has 1 aliphatic carbocycles. The van der Waals surface area contributed by atoms with Crippen molar-refractivity contribution in [3.05, 3.63) is 12.1 Å². The van der Waals surface area contributed by atoms with Crippen LogP contribution in [0, 0.1) is 11.3 Å². The minimum Gasteiger partial charge on any atom is -0.491 e. The number of ether oxygens (including phenoxy) is 1. The maximum atomic E-state index is 7.22. The Morgan fingerprint density at radius 3 is 3.15 bits per heavy atom. The third kappa shape index (κ3) is 3.20. The highest BCUT2D eigenvalue weighted by Gasteiger charge is 2.26. The lowest BCUT2D eigenvalue weighted by Gasteiger charge is -2.30. The van der Waals surface area contributed by atoms with Gasteiger partial charge in [-0.15, -0.1) is 0 Å². The lowest BCUT2D eigenvalue weighted by Crippen LogP contribution is -2.48. The van der Waals surface area contributed by atoms with Crippen molar-refractivity contribution in [2.24, 2.45) is 10.9 Å². The van der Waals surface area contributed by atoms with Crippen LogP contribution in [0.1, 0.15) is 19.3 Å². The van der Waals surface area contributed by atoms with Gasteiger partial charge in [0.25, 0.3) is 0 Å². The number of nitrogens with zero attached hydrogens (tertiary/aromatic N) is 4. The number of aromatic nitrogens is 2. The molecule has 1 saturated heterocycles. The number of amidine groups is 1. The van der Waals surface area contributed by atoms with Crippen molar-refractivity contribution in [1.82, 2.24) is 14.9 Å². The van der Waals surface area contributed by atoms with E-state index >= 15 is 0 Å². The van der Waals surface area contributed by atoms with Crippen LogP contribution in [0.5, 0.6) is 5.75 Å². The van der Waals surface area contributed by atoms with Crippen LogP contribution in [0.3, 0.4) is 0 Å². The summed E-state index contributed by atoms with van der Waals surface area (Å²) >= 11 is 0. The van der Waals surface area contributed by atoms with E-state index in [1.54, 1.807) is 0 Å². The molecule has 0 spiro atoms. The zero-order valence-electron chi connectivity index (χ0n) is 15.4. The molecule has 2 aliphatic heterocycles. The molecule has 142 valence electrons. The normalized spacial score (nSPS) is 20.9. The average Bonchev–Trinajstić information content (AvgIpc) is 3.46. The van der Waals surface area contributed by atoms with Crippen molar-refractivity contribution in [1.29, 1.82) is 5.41 Å². The SMILES string of the molecule is N=C/N=C1/CN(c2nc3cc(NCC4CC4)cc4c3n2CCCO4)CCN1. The molecule has 0 bridgehead atoms. The Labute approximate surface area is 158 Å². The predicted molar refractivity (Wildman–Crippen MR) is 107 cm³/mol. The third-order valence-corrected chi connectivity index (χ3v) is 5.42. The molecule has 1 saturated carbocycles. The zero-order valence-corrected chi connectivity index (χ0v) is 15.4. The fraction of sp³-hybridized carbons (Fsp3) is 0.526. The van der Waals surface area contributed by atoms with Gasteiger partial charge in [0.05, 0.1) is 18.7 Å². The number of aliphatic imine (C=N–C) groups is 1. The van der Waals surface area contributed by atoms with Crippen LogP contribution in [0.25, 0.3) is 11.0 Å². The highest BCUT2D eigenvalue weighted by atomic mass is 16.5. The van der Waals surface area contributed by atoms with Crippen molar-refractivity contribution in [2.45, 2.75) is 25.8 Å². The van der Waals surface area contributed by atoms with Gasteiger partial charge in [0.1, 0.15) is 23.4 Å². The molecular formula is C19H25N7O. The molecule has 0 atom stereocenters. The molecule has 1 aromatic carbocycles. The molecule has 0 amide bonds. The van der Waals surface area contributed by atoms with Gasteiger partial charge in [0.2, 0.25) is 5.95 Å². The van der Waals surface area contributed by atoms with E-state index in [9.17, 15) is 0 Å². The van der Waals surface area contributed by atoms with Crippen molar-refractivity contribution in [2.75, 3.05) is 43.0 Å². The standard InChI is InChI=1S/C19H25N7O/c20-12-23-17-11-25(6-4-21-17)19-24-15-8-14(22-10-13-2-3-13)9-16-18(15)26(19)5-1-7-27-16/h8-9,12-13,22H,1-7,10-11H2,(H2,20,21,23). The average molecular weight is 367 g/mol. The molecule has 0 radical (unpaired) electrons. The lowest BCUT2D eigenvalue weighted by atomic mass is 10.2. The molecule has 0 unspecified atom stereocenters. The van der Waals surface area contributed by atoms with Gasteiger partial charge < -0.3 is 24.8 Å². The molecule has 5 rings (SSSR count). The number of hydrogen-bond acceptors (Lipinski definition) is 5. The van der Waals surface area contributed by atoms with Crippen LogP contribution in [-0.2, 0) is 6.54 Å². The Bertz CT molecular complexity index is 899. The number of rotatable bonds is 5. The molecule has 3 aliphatic rings. The molecule has 8 heteroatoms. The first kappa shape index (κ1) is 16.4. The molecule has 3 N–H and O–H groups in total. The number of piperazine rings is 1. The van der Waals surface area contributed by atoms with E-state index in [-0.39, 0.29) is 0 Å². The third-order valence-electron chi connectivity index (χ3n) is 5.42. The Kier molecular flexibility index (Phi) is 4.10. The summed E-state index contributed by atoms with van der Waals surface area (Å²) in [6.07, 6.45) is 4.72. The van der Waals surface area contributed by atoms with Gasteiger partial charge in [-0.1, -0.05) is 0 Å². The van der Waals surface area contributed by atoms with Gasteiger partial charge >= 0.3 is 0 Å². The fourth-order valence-corrected chi connectivity index (χ4v) is 3.86. The van der Waals surface area contributed by atoms with Gasteiger partial charge in [-0.25, -0.2) is 9.98 Å². The van der Waals surface area contributed by atoms with Gasteiger partial charge in [0, 0.05) is 37.9 Å². The summed E-state index contributed by atoms with van der Waals surface area (Å²) in [5.41, 5.74) is 3.16. The fourth-order valence-electron chi connectivity index (χ4n) is 3.86. The molecule has 1 aromatic heterocycles. The molecule has 2 fully saturated rings. The van der Waals surface area contributed by atoms with Crippen LogP contribution in [-0.4, -0.2) is 54.5 Å². The molecule has 2 aromatic rings. The van der Waals surface area contributed by atoms with Gasteiger partial charge in [-0.2, -0.15) is 0 Å². The number of hydrogen-bond donors (Lipinski definition) is 3. The highest BCUT2D eigenvalue weighted by molar-refractivity contribution is 5.93. The maximum absolute atomic E-state index is 7.22. The number of aryl methyl sites for hydroxylation is 1. The first-order valence-corrected chi connectivity index (χ1v) is 9.77. The molecular weight excluding hydrogens is 342 g/mol. The van der Waals surface area contributed by atoms with E-state index in [0.717, 1.165) is 85.7 Å². The second kappa shape index (κ2) is 6.75. The molecule has 8 nitrogen and oxygen atoms in total. The van der Waals surface area contributed by atoms with Crippen molar-refractivity contribution in [3.63, 3.8) is 0 Å². The van der Waals surface area contributed by atoms with E-state index in [4.69, 9.17) is 15.1 Å². The van der Waals surface area contributed by atoms with Gasteiger partial charge in [0.15, 0.2) is 0 Å². The van der Waals surface area contributed by atoms with E-state index in [1.165, 1.54) is 12.8 Å². The second-order valence-corrected chi connectivity index (χ2v) is 7.49. The van der Waals surface area contributed by atoms with Crippen LogP contribution in [0.2, 0.25) is 0 Å².